The number of nitrogens with one attached hydrogen (secondary N) is 1. The summed E-state index contributed by atoms with van der Waals surface area (Å²) in [7, 11) is 0. The molecule has 4 heteroatoms. The number of aromatic nitrogens is 2. The van der Waals surface area contributed by atoms with E-state index in [9.17, 15) is 0 Å². The van der Waals surface area contributed by atoms with Gasteiger partial charge in [-0.2, -0.15) is 0 Å². The number of nitrogens with zero attached hydrogens (tertiary/aromatic N) is 3. The second kappa shape index (κ2) is 7.79. The maximum Gasteiger partial charge on any atom is 0.114 e. The van der Waals surface area contributed by atoms with Gasteiger partial charge in [0.25, 0.3) is 0 Å². The molecule has 4 atom stereocenters. The summed E-state index contributed by atoms with van der Waals surface area (Å²) in [5, 5.41) is 3.56. The Hall–Kier alpha value is -1.39. The molecule has 3 saturated heterocycles. The first kappa shape index (κ1) is 18.6. The van der Waals surface area contributed by atoms with Crippen molar-refractivity contribution in [1.29, 1.82) is 0 Å². The Kier molecular flexibility index (Phi) is 5.18. The van der Waals surface area contributed by atoms with Gasteiger partial charge in [0.2, 0.25) is 0 Å². The van der Waals surface area contributed by atoms with E-state index in [1.165, 1.54) is 68.2 Å². The Morgan fingerprint density at radius 3 is 2.54 bits per heavy atom. The highest BCUT2D eigenvalue weighted by Crippen LogP contribution is 2.45. The zero-order valence-electron chi connectivity index (χ0n) is 17.6. The lowest BCUT2D eigenvalue weighted by molar-refractivity contribution is 0.0556. The van der Waals surface area contributed by atoms with Crippen LogP contribution in [-0.2, 0) is 0 Å². The first-order chi connectivity index (χ1) is 13.8. The number of hydrogen-bond donors (Lipinski definition) is 1. The van der Waals surface area contributed by atoms with Crippen LogP contribution in [0, 0.1) is 0 Å². The van der Waals surface area contributed by atoms with E-state index in [1.54, 1.807) is 0 Å². The Labute approximate surface area is 169 Å². The van der Waals surface area contributed by atoms with Gasteiger partial charge in [-0.25, -0.2) is 4.98 Å². The molecule has 2 aromatic rings. The predicted octanol–water partition coefficient (Wildman–Crippen LogP) is 4.86. The second-order valence-electron chi connectivity index (χ2n) is 9.33. The SMILES string of the molecule is CCCC(CC)N1C2CCC1CC(n1c(C3CCNC3)nc3ccccc31)C2. The lowest BCUT2D eigenvalue weighted by Gasteiger charge is -2.44. The number of fused-ring (bicyclic) bond motifs is 3. The third kappa shape index (κ3) is 3.09. The molecular formula is C24H36N4. The fourth-order valence-corrected chi connectivity index (χ4v) is 6.50. The van der Waals surface area contributed by atoms with Crippen LogP contribution in [0.3, 0.4) is 0 Å². The molecule has 4 nitrogen and oxygen atoms in total. The molecule has 3 aliphatic heterocycles. The van der Waals surface area contributed by atoms with Crippen LogP contribution in [0.25, 0.3) is 11.0 Å². The smallest absolute Gasteiger partial charge is 0.114 e. The first-order valence-electron chi connectivity index (χ1n) is 11.7. The minimum atomic E-state index is 0.576. The van der Waals surface area contributed by atoms with E-state index in [2.05, 4.69) is 52.9 Å². The van der Waals surface area contributed by atoms with Crippen molar-refractivity contribution in [1.82, 2.24) is 19.8 Å². The van der Waals surface area contributed by atoms with E-state index in [1.807, 2.05) is 0 Å². The molecule has 28 heavy (non-hydrogen) atoms. The van der Waals surface area contributed by atoms with Crippen molar-refractivity contribution in [3.63, 3.8) is 0 Å². The molecule has 152 valence electrons. The molecule has 0 aliphatic carbocycles. The second-order valence-corrected chi connectivity index (χ2v) is 9.33. The maximum atomic E-state index is 5.15. The molecule has 0 spiro atoms. The molecule has 0 amide bonds. The van der Waals surface area contributed by atoms with Crippen LogP contribution in [0.15, 0.2) is 24.3 Å². The lowest BCUT2D eigenvalue weighted by Crippen LogP contribution is -2.49. The summed E-state index contributed by atoms with van der Waals surface area (Å²) in [4.78, 5) is 8.09. The summed E-state index contributed by atoms with van der Waals surface area (Å²) >= 11 is 0. The average Bonchev–Trinajstić information content (AvgIpc) is 3.42. The van der Waals surface area contributed by atoms with Crippen molar-refractivity contribution in [3.05, 3.63) is 30.1 Å². The highest BCUT2D eigenvalue weighted by Gasteiger charge is 2.44. The molecular weight excluding hydrogens is 344 g/mol. The summed E-state index contributed by atoms with van der Waals surface area (Å²) in [5.74, 6) is 1.93. The monoisotopic (exact) mass is 380 g/mol. The van der Waals surface area contributed by atoms with Crippen LogP contribution in [0.5, 0.6) is 0 Å². The van der Waals surface area contributed by atoms with E-state index < -0.39 is 0 Å². The van der Waals surface area contributed by atoms with E-state index >= 15 is 0 Å². The Morgan fingerprint density at radius 2 is 1.86 bits per heavy atom. The Balaban J connectivity index is 1.48. The van der Waals surface area contributed by atoms with Gasteiger partial charge in [-0.15, -0.1) is 0 Å². The third-order valence-corrected chi connectivity index (χ3v) is 7.69. The van der Waals surface area contributed by atoms with E-state index in [-0.39, 0.29) is 0 Å². The van der Waals surface area contributed by atoms with Crippen LogP contribution >= 0.6 is 0 Å². The highest BCUT2D eigenvalue weighted by molar-refractivity contribution is 5.76. The van der Waals surface area contributed by atoms with Gasteiger partial charge in [0.05, 0.1) is 11.0 Å². The van der Waals surface area contributed by atoms with Gasteiger partial charge in [0.1, 0.15) is 5.82 Å². The minimum absolute atomic E-state index is 0.576. The van der Waals surface area contributed by atoms with Crippen molar-refractivity contribution < 1.29 is 0 Å². The number of hydrogen-bond acceptors (Lipinski definition) is 3. The number of imidazole rings is 1. The van der Waals surface area contributed by atoms with E-state index in [0.717, 1.165) is 31.2 Å². The first-order valence-corrected chi connectivity index (χ1v) is 11.7. The van der Waals surface area contributed by atoms with Crippen LogP contribution in [-0.4, -0.2) is 45.7 Å². The number of benzene rings is 1. The van der Waals surface area contributed by atoms with Gasteiger partial charge in [-0.3, -0.25) is 4.90 Å². The lowest BCUT2D eigenvalue weighted by atomic mass is 9.92. The zero-order chi connectivity index (χ0) is 19.1. The quantitative estimate of drug-likeness (QED) is 0.777. The van der Waals surface area contributed by atoms with Crippen molar-refractivity contribution in [2.75, 3.05) is 13.1 Å². The number of piperidine rings is 1. The standard InChI is InChI=1S/C24H36N4/c1-3-7-18(4-2)27-19-10-11-20(27)15-21(14-19)28-23-9-6-5-8-22(23)26-24(28)17-12-13-25-16-17/h5-6,8-9,17-21,25H,3-4,7,10-16H2,1-2H3. The van der Waals surface area contributed by atoms with Crippen LogP contribution in [0.1, 0.15) is 83.0 Å². The highest BCUT2D eigenvalue weighted by atomic mass is 15.3. The predicted molar refractivity (Wildman–Crippen MR) is 116 cm³/mol. The van der Waals surface area contributed by atoms with Crippen molar-refractivity contribution in [2.24, 2.45) is 0 Å². The van der Waals surface area contributed by atoms with Crippen LogP contribution in [0.4, 0.5) is 0 Å². The van der Waals surface area contributed by atoms with Gasteiger partial charge < -0.3 is 9.88 Å². The fourth-order valence-electron chi connectivity index (χ4n) is 6.50. The van der Waals surface area contributed by atoms with E-state index in [0.29, 0.717) is 12.0 Å². The third-order valence-electron chi connectivity index (χ3n) is 7.69. The normalized spacial score (nSPS) is 31.6. The summed E-state index contributed by atoms with van der Waals surface area (Å²) in [5.41, 5.74) is 2.56. The number of para-hydroxylation sites is 2. The zero-order valence-corrected chi connectivity index (χ0v) is 17.6. The molecule has 2 bridgehead atoms. The minimum Gasteiger partial charge on any atom is -0.324 e. The van der Waals surface area contributed by atoms with Gasteiger partial charge in [0.15, 0.2) is 0 Å². The van der Waals surface area contributed by atoms with Gasteiger partial charge >= 0.3 is 0 Å². The van der Waals surface area contributed by atoms with Crippen LogP contribution < -0.4 is 5.32 Å². The topological polar surface area (TPSA) is 33.1 Å². The molecule has 3 aliphatic rings. The van der Waals surface area contributed by atoms with E-state index in [4.69, 9.17) is 4.98 Å². The van der Waals surface area contributed by atoms with Gasteiger partial charge in [-0.05, 0) is 63.6 Å². The summed E-state index contributed by atoms with van der Waals surface area (Å²) in [6.45, 7) is 6.95. The summed E-state index contributed by atoms with van der Waals surface area (Å²) in [6.07, 6.45) is 10.6. The number of rotatable bonds is 6. The molecule has 4 unspecified atom stereocenters. The molecule has 5 rings (SSSR count). The summed E-state index contributed by atoms with van der Waals surface area (Å²) < 4.78 is 2.68. The molecule has 3 fully saturated rings. The Morgan fingerprint density at radius 1 is 1.07 bits per heavy atom. The maximum absolute atomic E-state index is 5.15. The Bertz CT molecular complexity index is 792. The van der Waals surface area contributed by atoms with Gasteiger partial charge in [0, 0.05) is 36.6 Å². The average molecular weight is 381 g/mol. The largest absolute Gasteiger partial charge is 0.324 e. The van der Waals surface area contributed by atoms with Gasteiger partial charge in [-0.1, -0.05) is 32.4 Å². The van der Waals surface area contributed by atoms with Crippen molar-refractivity contribution in [3.8, 4) is 0 Å². The molecule has 1 aromatic heterocycles. The fraction of sp³-hybridized carbons (Fsp3) is 0.708. The molecule has 1 N–H and O–H groups in total. The molecule has 4 heterocycles. The molecule has 1 aromatic carbocycles. The van der Waals surface area contributed by atoms with Crippen molar-refractivity contribution in [2.45, 2.75) is 95.3 Å². The summed E-state index contributed by atoms with van der Waals surface area (Å²) in [6, 6.07) is 11.8. The molecule has 0 radical (unpaired) electrons. The van der Waals surface area contributed by atoms with Crippen LogP contribution in [0.2, 0.25) is 0 Å². The molecule has 0 saturated carbocycles. The van der Waals surface area contributed by atoms with Crippen molar-refractivity contribution >= 4 is 11.0 Å².